The van der Waals surface area contributed by atoms with Crippen LogP contribution in [0.5, 0.6) is 0 Å². The van der Waals surface area contributed by atoms with Crippen LogP contribution < -0.4 is 5.32 Å². The molecule has 0 aromatic rings. The van der Waals surface area contributed by atoms with Gasteiger partial charge >= 0.3 is 5.97 Å². The van der Waals surface area contributed by atoms with Gasteiger partial charge in [-0.3, -0.25) is 15.0 Å². The Morgan fingerprint density at radius 2 is 1.86 bits per heavy atom. The summed E-state index contributed by atoms with van der Waals surface area (Å²) in [5, 5.41) is 3.40. The average molecular weight is 298 g/mol. The molecule has 0 aromatic carbocycles. The summed E-state index contributed by atoms with van der Waals surface area (Å²) >= 11 is 0. The lowest BCUT2D eigenvalue weighted by Gasteiger charge is -2.39. The van der Waals surface area contributed by atoms with Crippen molar-refractivity contribution in [2.24, 2.45) is 5.92 Å². The summed E-state index contributed by atoms with van der Waals surface area (Å²) in [6.07, 6.45) is 3.48. The summed E-state index contributed by atoms with van der Waals surface area (Å²) in [5.74, 6) is 0.690. The van der Waals surface area contributed by atoms with Gasteiger partial charge in [0.2, 0.25) is 0 Å². The van der Waals surface area contributed by atoms with Crippen LogP contribution in [0.25, 0.3) is 0 Å². The normalized spacial score (nSPS) is 19.9. The van der Waals surface area contributed by atoms with E-state index in [9.17, 15) is 4.79 Å². The lowest BCUT2D eigenvalue weighted by Crippen LogP contribution is -2.56. The minimum Gasteiger partial charge on any atom is -0.468 e. The van der Waals surface area contributed by atoms with E-state index in [0.29, 0.717) is 12.1 Å². The quantitative estimate of drug-likeness (QED) is 0.665. The Labute approximate surface area is 130 Å². The zero-order valence-corrected chi connectivity index (χ0v) is 14.9. The standard InChI is InChI=1S/C17H34N2O2/c1-12(2)18-17(6,16(20)21-7)10-14(5)19(13(3)4)11-15-8-9-15/h12-15,18H,8-11H2,1-7H3. The van der Waals surface area contributed by atoms with E-state index >= 15 is 0 Å². The maximum absolute atomic E-state index is 12.2. The first-order valence-electron chi connectivity index (χ1n) is 8.31. The molecular formula is C17H34N2O2. The molecule has 0 aliphatic heterocycles. The zero-order chi connectivity index (χ0) is 16.2. The molecule has 0 saturated heterocycles. The summed E-state index contributed by atoms with van der Waals surface area (Å²) < 4.78 is 5.03. The Morgan fingerprint density at radius 3 is 2.24 bits per heavy atom. The summed E-state index contributed by atoms with van der Waals surface area (Å²) in [6, 6.07) is 1.10. The van der Waals surface area contributed by atoms with E-state index in [4.69, 9.17) is 4.74 Å². The first-order chi connectivity index (χ1) is 9.69. The predicted octanol–water partition coefficient (Wildman–Crippen LogP) is 2.82. The first kappa shape index (κ1) is 18.4. The molecule has 0 heterocycles. The number of carbonyl (C=O) groups excluding carboxylic acids is 1. The van der Waals surface area contributed by atoms with E-state index in [1.165, 1.54) is 20.0 Å². The van der Waals surface area contributed by atoms with E-state index < -0.39 is 5.54 Å². The van der Waals surface area contributed by atoms with Gasteiger partial charge in [-0.1, -0.05) is 0 Å². The van der Waals surface area contributed by atoms with E-state index in [1.54, 1.807) is 0 Å². The van der Waals surface area contributed by atoms with Gasteiger partial charge in [0.05, 0.1) is 7.11 Å². The van der Waals surface area contributed by atoms with Crippen molar-refractivity contribution in [1.82, 2.24) is 10.2 Å². The molecule has 1 saturated carbocycles. The number of methoxy groups -OCH3 is 1. The van der Waals surface area contributed by atoms with Crippen LogP contribution in [0.4, 0.5) is 0 Å². The van der Waals surface area contributed by atoms with Gasteiger partial charge in [-0.2, -0.15) is 0 Å². The van der Waals surface area contributed by atoms with Crippen LogP contribution >= 0.6 is 0 Å². The maximum Gasteiger partial charge on any atom is 0.325 e. The molecule has 1 fully saturated rings. The minimum atomic E-state index is -0.626. The highest BCUT2D eigenvalue weighted by Gasteiger charge is 2.38. The van der Waals surface area contributed by atoms with Crippen molar-refractivity contribution in [3.63, 3.8) is 0 Å². The topological polar surface area (TPSA) is 41.6 Å². The van der Waals surface area contributed by atoms with Gasteiger partial charge in [0.1, 0.15) is 5.54 Å². The molecule has 4 nitrogen and oxygen atoms in total. The lowest BCUT2D eigenvalue weighted by atomic mass is 9.91. The van der Waals surface area contributed by atoms with Crippen LogP contribution in [0.3, 0.4) is 0 Å². The van der Waals surface area contributed by atoms with E-state index in [1.807, 2.05) is 6.92 Å². The molecule has 124 valence electrons. The SMILES string of the molecule is COC(=O)C(C)(CC(C)N(CC1CC1)C(C)C)NC(C)C. The molecule has 1 N–H and O–H groups in total. The molecule has 1 aliphatic carbocycles. The molecule has 0 radical (unpaired) electrons. The molecule has 0 aromatic heterocycles. The van der Waals surface area contributed by atoms with Crippen LogP contribution in [0.1, 0.15) is 60.8 Å². The van der Waals surface area contributed by atoms with E-state index in [-0.39, 0.29) is 12.0 Å². The Kier molecular flexibility index (Phi) is 6.67. The number of carbonyl (C=O) groups is 1. The van der Waals surface area contributed by atoms with Crippen LogP contribution in [0, 0.1) is 5.92 Å². The van der Waals surface area contributed by atoms with Crippen molar-refractivity contribution in [3.8, 4) is 0 Å². The number of nitrogens with one attached hydrogen (secondary N) is 1. The maximum atomic E-state index is 12.2. The fourth-order valence-electron chi connectivity index (χ4n) is 3.27. The van der Waals surface area contributed by atoms with Gasteiger partial charge in [-0.25, -0.2) is 0 Å². The summed E-state index contributed by atoms with van der Waals surface area (Å²) in [4.78, 5) is 14.8. The fraction of sp³-hybridized carbons (Fsp3) is 0.941. The zero-order valence-electron chi connectivity index (χ0n) is 14.9. The van der Waals surface area contributed by atoms with Gasteiger partial charge in [-0.15, -0.1) is 0 Å². The third-order valence-corrected chi connectivity index (χ3v) is 4.34. The average Bonchev–Trinajstić information content (AvgIpc) is 3.16. The number of nitrogens with zero attached hydrogens (tertiary/aromatic N) is 1. The van der Waals surface area contributed by atoms with Crippen LogP contribution in [-0.4, -0.2) is 48.2 Å². The van der Waals surface area contributed by atoms with Gasteiger partial charge in [0.25, 0.3) is 0 Å². The van der Waals surface area contributed by atoms with Crippen molar-refractivity contribution in [1.29, 1.82) is 0 Å². The van der Waals surface area contributed by atoms with Crippen molar-refractivity contribution in [2.45, 2.75) is 84.5 Å². The highest BCUT2D eigenvalue weighted by atomic mass is 16.5. The Balaban J connectivity index is 2.76. The second kappa shape index (κ2) is 7.59. The molecule has 0 amide bonds. The van der Waals surface area contributed by atoms with Crippen molar-refractivity contribution in [3.05, 3.63) is 0 Å². The van der Waals surface area contributed by atoms with Gasteiger partial charge < -0.3 is 4.74 Å². The first-order valence-corrected chi connectivity index (χ1v) is 8.31. The second-order valence-corrected chi connectivity index (χ2v) is 7.41. The van der Waals surface area contributed by atoms with Crippen molar-refractivity contribution >= 4 is 5.97 Å². The van der Waals surface area contributed by atoms with Crippen LogP contribution in [0.15, 0.2) is 0 Å². The molecule has 0 bridgehead atoms. The monoisotopic (exact) mass is 298 g/mol. The molecular weight excluding hydrogens is 264 g/mol. The second-order valence-electron chi connectivity index (χ2n) is 7.41. The van der Waals surface area contributed by atoms with E-state index in [0.717, 1.165) is 18.9 Å². The van der Waals surface area contributed by atoms with E-state index in [2.05, 4.69) is 44.8 Å². The lowest BCUT2D eigenvalue weighted by molar-refractivity contribution is -0.149. The van der Waals surface area contributed by atoms with Gasteiger partial charge in [0.15, 0.2) is 0 Å². The molecule has 21 heavy (non-hydrogen) atoms. The number of esters is 1. The molecule has 1 aliphatic rings. The highest BCUT2D eigenvalue weighted by molar-refractivity contribution is 5.80. The summed E-state index contributed by atoms with van der Waals surface area (Å²) in [6.45, 7) is 14.0. The Morgan fingerprint density at radius 1 is 1.29 bits per heavy atom. The molecule has 4 heteroatoms. The summed E-state index contributed by atoms with van der Waals surface area (Å²) in [7, 11) is 1.47. The number of rotatable bonds is 9. The summed E-state index contributed by atoms with van der Waals surface area (Å²) in [5.41, 5.74) is -0.626. The molecule has 2 unspecified atom stereocenters. The number of hydrogen-bond acceptors (Lipinski definition) is 4. The molecule has 2 atom stereocenters. The Bertz CT molecular complexity index is 340. The molecule has 1 rings (SSSR count). The number of hydrogen-bond donors (Lipinski definition) is 1. The van der Waals surface area contributed by atoms with Crippen LogP contribution in [0.2, 0.25) is 0 Å². The predicted molar refractivity (Wildman–Crippen MR) is 87.3 cm³/mol. The fourth-order valence-corrected chi connectivity index (χ4v) is 3.27. The third-order valence-electron chi connectivity index (χ3n) is 4.34. The van der Waals surface area contributed by atoms with Crippen molar-refractivity contribution in [2.75, 3.05) is 13.7 Å². The Hall–Kier alpha value is -0.610. The third kappa shape index (κ3) is 5.59. The van der Waals surface area contributed by atoms with Crippen LogP contribution in [-0.2, 0) is 9.53 Å². The minimum absolute atomic E-state index is 0.168. The van der Waals surface area contributed by atoms with Crippen molar-refractivity contribution < 1.29 is 9.53 Å². The highest BCUT2D eigenvalue weighted by Crippen LogP contribution is 2.32. The smallest absolute Gasteiger partial charge is 0.325 e. The number of ether oxygens (including phenoxy) is 1. The molecule has 0 spiro atoms. The largest absolute Gasteiger partial charge is 0.468 e. The van der Waals surface area contributed by atoms with Gasteiger partial charge in [0, 0.05) is 24.7 Å². The van der Waals surface area contributed by atoms with Gasteiger partial charge in [-0.05, 0) is 66.7 Å².